The summed E-state index contributed by atoms with van der Waals surface area (Å²) in [6.07, 6.45) is 1.95. The minimum Gasteiger partial charge on any atom is -0.493 e. The van der Waals surface area contributed by atoms with Crippen LogP contribution in [0.3, 0.4) is 0 Å². The van der Waals surface area contributed by atoms with Gasteiger partial charge in [-0.1, -0.05) is 18.2 Å². The van der Waals surface area contributed by atoms with E-state index < -0.39 is 0 Å². The molecule has 2 atom stereocenters. The molecule has 3 rings (SSSR count). The van der Waals surface area contributed by atoms with Gasteiger partial charge in [-0.2, -0.15) is 0 Å². The number of aliphatic hydroxyl groups is 1. The van der Waals surface area contributed by atoms with E-state index in [0.717, 1.165) is 43.6 Å². The number of aliphatic hydroxyl groups excluding tert-OH is 1. The third kappa shape index (κ3) is 5.44. The largest absolute Gasteiger partial charge is 0.493 e. The molecule has 0 saturated carbocycles. The first-order chi connectivity index (χ1) is 13.0. The average Bonchev–Trinajstić information content (AvgIpc) is 2.68. The predicted octanol–water partition coefficient (Wildman–Crippen LogP) is 4.01. The Morgan fingerprint density at radius 2 is 1.89 bits per heavy atom. The standard InChI is InChI=1S/C22H28FNO3/c1-16(25)19-4-3-11-24(14-19)13-18-7-10-21(22(12-18)26-2)27-15-17-5-8-20(23)9-6-17/h5-10,12,16,19,25H,3-4,11,13-15H2,1-2H3/t16-,19+/m0/s1. The fourth-order valence-corrected chi connectivity index (χ4v) is 3.56. The monoisotopic (exact) mass is 373 g/mol. The summed E-state index contributed by atoms with van der Waals surface area (Å²) >= 11 is 0. The van der Waals surface area contributed by atoms with E-state index >= 15 is 0 Å². The van der Waals surface area contributed by atoms with E-state index in [1.165, 1.54) is 12.1 Å². The third-order valence-electron chi connectivity index (χ3n) is 5.17. The van der Waals surface area contributed by atoms with Crippen molar-refractivity contribution in [3.63, 3.8) is 0 Å². The van der Waals surface area contributed by atoms with Crippen LogP contribution in [0.4, 0.5) is 4.39 Å². The summed E-state index contributed by atoms with van der Waals surface area (Å²) in [5.41, 5.74) is 2.06. The number of methoxy groups -OCH3 is 1. The molecule has 0 radical (unpaired) electrons. The molecule has 0 unspecified atom stereocenters. The van der Waals surface area contributed by atoms with Gasteiger partial charge in [0.1, 0.15) is 12.4 Å². The highest BCUT2D eigenvalue weighted by atomic mass is 19.1. The molecule has 0 amide bonds. The zero-order chi connectivity index (χ0) is 19.2. The van der Waals surface area contributed by atoms with Crippen molar-refractivity contribution in [2.75, 3.05) is 20.2 Å². The van der Waals surface area contributed by atoms with E-state index in [0.29, 0.717) is 24.0 Å². The Labute approximate surface area is 160 Å². The molecule has 2 aromatic rings. The zero-order valence-corrected chi connectivity index (χ0v) is 16.0. The first-order valence-corrected chi connectivity index (χ1v) is 9.49. The van der Waals surface area contributed by atoms with Gasteiger partial charge in [0, 0.05) is 13.1 Å². The van der Waals surface area contributed by atoms with E-state index in [2.05, 4.69) is 11.0 Å². The SMILES string of the molecule is COc1cc(CN2CCC[C@@H]([C@H](C)O)C2)ccc1OCc1ccc(F)cc1. The van der Waals surface area contributed by atoms with Crippen molar-refractivity contribution < 1.29 is 19.0 Å². The van der Waals surface area contributed by atoms with Crippen LogP contribution < -0.4 is 9.47 Å². The molecular weight excluding hydrogens is 345 g/mol. The maximum atomic E-state index is 13.0. The molecule has 1 saturated heterocycles. The number of piperidine rings is 1. The summed E-state index contributed by atoms with van der Waals surface area (Å²) in [6.45, 7) is 5.04. The highest BCUT2D eigenvalue weighted by molar-refractivity contribution is 5.43. The van der Waals surface area contributed by atoms with Crippen molar-refractivity contribution in [2.45, 2.75) is 39.0 Å². The van der Waals surface area contributed by atoms with Gasteiger partial charge in [-0.3, -0.25) is 4.90 Å². The topological polar surface area (TPSA) is 41.9 Å². The Bertz CT molecular complexity index is 733. The molecule has 4 nitrogen and oxygen atoms in total. The lowest BCUT2D eigenvalue weighted by molar-refractivity contribution is 0.0598. The molecule has 146 valence electrons. The van der Waals surface area contributed by atoms with E-state index in [9.17, 15) is 9.50 Å². The van der Waals surface area contributed by atoms with Gasteiger partial charge in [-0.25, -0.2) is 4.39 Å². The number of rotatable bonds is 7. The summed E-state index contributed by atoms with van der Waals surface area (Å²) in [6, 6.07) is 12.3. The molecule has 27 heavy (non-hydrogen) atoms. The molecule has 1 fully saturated rings. The molecule has 1 aliphatic rings. The lowest BCUT2D eigenvalue weighted by atomic mass is 9.93. The highest BCUT2D eigenvalue weighted by Gasteiger charge is 2.23. The number of likely N-dealkylation sites (tertiary alicyclic amines) is 1. The Balaban J connectivity index is 1.62. The minimum atomic E-state index is -0.260. The Kier molecular flexibility index (Phi) is 6.69. The maximum Gasteiger partial charge on any atom is 0.161 e. The van der Waals surface area contributed by atoms with Crippen LogP contribution in [0.25, 0.3) is 0 Å². The molecule has 0 spiro atoms. The van der Waals surface area contributed by atoms with E-state index in [-0.39, 0.29) is 11.9 Å². The Morgan fingerprint density at radius 1 is 1.15 bits per heavy atom. The summed E-state index contributed by atoms with van der Waals surface area (Å²) in [5.74, 6) is 1.46. The number of halogens is 1. The third-order valence-corrected chi connectivity index (χ3v) is 5.17. The van der Waals surface area contributed by atoms with Gasteiger partial charge in [0.25, 0.3) is 0 Å². The average molecular weight is 373 g/mol. The van der Waals surface area contributed by atoms with Crippen LogP contribution in [0.1, 0.15) is 30.9 Å². The van der Waals surface area contributed by atoms with E-state index in [4.69, 9.17) is 9.47 Å². The number of ether oxygens (including phenoxy) is 2. The number of hydrogen-bond donors (Lipinski definition) is 1. The summed E-state index contributed by atoms with van der Waals surface area (Å²) in [7, 11) is 1.63. The second kappa shape index (κ2) is 9.20. The number of nitrogens with zero attached hydrogens (tertiary/aromatic N) is 1. The first kappa shape index (κ1) is 19.6. The Morgan fingerprint density at radius 3 is 2.59 bits per heavy atom. The van der Waals surface area contributed by atoms with Gasteiger partial charge in [0.15, 0.2) is 11.5 Å². The van der Waals surface area contributed by atoms with Crippen molar-refractivity contribution >= 4 is 0 Å². The van der Waals surface area contributed by atoms with Gasteiger partial charge in [-0.05, 0) is 67.6 Å². The summed E-state index contributed by atoms with van der Waals surface area (Å²) in [5, 5.41) is 9.86. The van der Waals surface area contributed by atoms with Crippen molar-refractivity contribution in [3.05, 3.63) is 59.4 Å². The fraction of sp³-hybridized carbons (Fsp3) is 0.455. The Hall–Kier alpha value is -2.11. The normalized spacial score (nSPS) is 18.9. The molecule has 0 bridgehead atoms. The van der Waals surface area contributed by atoms with Crippen LogP contribution >= 0.6 is 0 Å². The molecule has 1 heterocycles. The van der Waals surface area contributed by atoms with Crippen molar-refractivity contribution in [2.24, 2.45) is 5.92 Å². The lowest BCUT2D eigenvalue weighted by Gasteiger charge is -2.34. The van der Waals surface area contributed by atoms with Crippen LogP contribution in [0.5, 0.6) is 11.5 Å². The van der Waals surface area contributed by atoms with Gasteiger partial charge >= 0.3 is 0 Å². The predicted molar refractivity (Wildman–Crippen MR) is 103 cm³/mol. The first-order valence-electron chi connectivity index (χ1n) is 9.49. The van der Waals surface area contributed by atoms with Crippen molar-refractivity contribution in [3.8, 4) is 11.5 Å². The molecule has 1 aliphatic heterocycles. The van der Waals surface area contributed by atoms with Crippen molar-refractivity contribution in [1.29, 1.82) is 0 Å². The lowest BCUT2D eigenvalue weighted by Crippen LogP contribution is -2.39. The molecular formula is C22H28FNO3. The van der Waals surface area contributed by atoms with Gasteiger partial charge in [0.2, 0.25) is 0 Å². The summed E-state index contributed by atoms with van der Waals surface area (Å²) < 4.78 is 24.3. The van der Waals surface area contributed by atoms with E-state index in [1.807, 2.05) is 19.1 Å². The second-order valence-electron chi connectivity index (χ2n) is 7.28. The van der Waals surface area contributed by atoms with Crippen molar-refractivity contribution in [1.82, 2.24) is 4.90 Å². The quantitative estimate of drug-likeness (QED) is 0.796. The van der Waals surface area contributed by atoms with Crippen LogP contribution in [-0.2, 0) is 13.2 Å². The zero-order valence-electron chi connectivity index (χ0n) is 16.0. The molecule has 0 aliphatic carbocycles. The molecule has 5 heteroatoms. The molecule has 2 aromatic carbocycles. The molecule has 1 N–H and O–H groups in total. The molecule has 0 aromatic heterocycles. The van der Waals surface area contributed by atoms with Crippen LogP contribution in [0.15, 0.2) is 42.5 Å². The van der Waals surface area contributed by atoms with Gasteiger partial charge in [-0.15, -0.1) is 0 Å². The van der Waals surface area contributed by atoms with Crippen LogP contribution in [0, 0.1) is 11.7 Å². The van der Waals surface area contributed by atoms with Gasteiger partial charge < -0.3 is 14.6 Å². The highest BCUT2D eigenvalue weighted by Crippen LogP contribution is 2.30. The van der Waals surface area contributed by atoms with Crippen LogP contribution in [-0.4, -0.2) is 36.3 Å². The minimum absolute atomic E-state index is 0.253. The smallest absolute Gasteiger partial charge is 0.161 e. The van der Waals surface area contributed by atoms with Gasteiger partial charge in [0.05, 0.1) is 13.2 Å². The van der Waals surface area contributed by atoms with E-state index in [1.54, 1.807) is 19.2 Å². The second-order valence-corrected chi connectivity index (χ2v) is 7.28. The maximum absolute atomic E-state index is 13.0. The number of benzene rings is 2. The fourth-order valence-electron chi connectivity index (χ4n) is 3.56. The number of hydrogen-bond acceptors (Lipinski definition) is 4. The summed E-state index contributed by atoms with van der Waals surface area (Å²) in [4.78, 5) is 2.38. The van der Waals surface area contributed by atoms with Crippen LogP contribution in [0.2, 0.25) is 0 Å².